The molecule has 6 nitrogen and oxygen atoms in total. The molecule has 0 radical (unpaired) electrons. The number of phenols is 1. The van der Waals surface area contributed by atoms with Gasteiger partial charge in [0.2, 0.25) is 0 Å². The molecule has 0 spiro atoms. The Morgan fingerprint density at radius 3 is 2.30 bits per heavy atom. The minimum absolute atomic E-state index is 0.0198. The summed E-state index contributed by atoms with van der Waals surface area (Å²) in [6.45, 7) is 1.91. The molecule has 0 saturated carbocycles. The summed E-state index contributed by atoms with van der Waals surface area (Å²) in [7, 11) is -3.83. The van der Waals surface area contributed by atoms with E-state index >= 15 is 0 Å². The topological polar surface area (TPSA) is 95.5 Å². The van der Waals surface area contributed by atoms with Gasteiger partial charge >= 0.3 is 0 Å². The minimum Gasteiger partial charge on any atom is -0.508 e. The normalized spacial score (nSPS) is 11.0. The molecule has 0 aliphatic heterocycles. The molecule has 0 heterocycles. The number of aromatic hydroxyl groups is 1. The second-order valence-corrected chi connectivity index (χ2v) is 7.69. The summed E-state index contributed by atoms with van der Waals surface area (Å²) in [5, 5.41) is 12.1. The molecule has 3 aromatic carbocycles. The fraction of sp³-hybridized carbons (Fsp3) is 0.0500. The lowest BCUT2D eigenvalue weighted by Gasteiger charge is -2.10. The molecule has 0 bridgehead atoms. The summed E-state index contributed by atoms with van der Waals surface area (Å²) in [4.78, 5) is 12.4. The molecule has 0 fully saturated rings. The molecule has 3 N–H and O–H groups in total. The summed E-state index contributed by atoms with van der Waals surface area (Å²) in [6.07, 6.45) is 0. The highest BCUT2D eigenvalue weighted by Crippen LogP contribution is 2.20. The quantitative estimate of drug-likeness (QED) is 0.626. The Hall–Kier alpha value is -3.32. The number of amides is 1. The van der Waals surface area contributed by atoms with E-state index in [2.05, 4.69) is 10.0 Å². The minimum atomic E-state index is -3.83. The molecule has 0 aliphatic carbocycles. The van der Waals surface area contributed by atoms with Crippen molar-refractivity contribution in [2.45, 2.75) is 11.8 Å². The molecule has 0 saturated heterocycles. The molecule has 27 heavy (non-hydrogen) atoms. The Morgan fingerprint density at radius 2 is 1.59 bits per heavy atom. The Bertz CT molecular complexity index is 1080. The van der Waals surface area contributed by atoms with E-state index in [1.807, 2.05) is 6.92 Å². The van der Waals surface area contributed by atoms with Gasteiger partial charge in [0.05, 0.1) is 4.90 Å². The Labute approximate surface area is 157 Å². The molecule has 0 atom stereocenters. The zero-order valence-corrected chi connectivity index (χ0v) is 15.3. The fourth-order valence-electron chi connectivity index (χ4n) is 2.43. The number of phenolic OH excluding ortho intramolecular Hbond substituents is 1. The number of nitrogens with one attached hydrogen (secondary N) is 2. The van der Waals surface area contributed by atoms with Crippen LogP contribution in [0, 0.1) is 6.92 Å². The fourth-order valence-corrected chi connectivity index (χ4v) is 3.53. The smallest absolute Gasteiger partial charge is 0.261 e. The standard InChI is InChI=1S/C20H18N2O4S/c1-14-8-10-16(11-9-14)22-27(25,26)19-7-2-4-15(12-19)20(24)21-17-5-3-6-18(23)13-17/h2-13,22-23H,1H3,(H,21,24). The number of rotatable bonds is 5. The van der Waals surface area contributed by atoms with Gasteiger partial charge in [0.15, 0.2) is 0 Å². The van der Waals surface area contributed by atoms with Crippen LogP contribution < -0.4 is 10.0 Å². The highest BCUT2D eigenvalue weighted by atomic mass is 32.2. The first-order chi connectivity index (χ1) is 12.8. The lowest BCUT2D eigenvalue weighted by Crippen LogP contribution is -2.16. The Balaban J connectivity index is 1.81. The molecule has 138 valence electrons. The lowest BCUT2D eigenvalue weighted by molar-refractivity contribution is 0.102. The maximum absolute atomic E-state index is 12.6. The van der Waals surface area contributed by atoms with Gasteiger partial charge in [0.25, 0.3) is 15.9 Å². The first-order valence-electron chi connectivity index (χ1n) is 8.13. The predicted molar refractivity (Wildman–Crippen MR) is 104 cm³/mol. The molecule has 0 unspecified atom stereocenters. The van der Waals surface area contributed by atoms with Crippen molar-refractivity contribution >= 4 is 27.3 Å². The number of hydrogen-bond donors (Lipinski definition) is 3. The highest BCUT2D eigenvalue weighted by Gasteiger charge is 2.16. The Kier molecular flexibility index (Phi) is 5.14. The van der Waals surface area contributed by atoms with Crippen molar-refractivity contribution in [3.05, 3.63) is 83.9 Å². The summed E-state index contributed by atoms with van der Waals surface area (Å²) < 4.78 is 27.7. The largest absolute Gasteiger partial charge is 0.508 e. The maximum Gasteiger partial charge on any atom is 0.261 e. The highest BCUT2D eigenvalue weighted by molar-refractivity contribution is 7.92. The molecule has 7 heteroatoms. The molecular formula is C20H18N2O4S. The number of carbonyl (C=O) groups excluding carboxylic acids is 1. The number of anilines is 2. The molecule has 1 amide bonds. The van der Waals surface area contributed by atoms with Crippen LogP contribution >= 0.6 is 0 Å². The SMILES string of the molecule is Cc1ccc(NS(=O)(=O)c2cccc(C(=O)Nc3cccc(O)c3)c2)cc1. The van der Waals surface area contributed by atoms with Gasteiger partial charge in [-0.25, -0.2) is 8.42 Å². The Morgan fingerprint density at radius 1 is 0.889 bits per heavy atom. The van der Waals surface area contributed by atoms with Crippen molar-refractivity contribution < 1.29 is 18.3 Å². The predicted octanol–water partition coefficient (Wildman–Crippen LogP) is 3.75. The zero-order chi connectivity index (χ0) is 19.4. The van der Waals surface area contributed by atoms with Crippen LogP contribution in [0.15, 0.2) is 77.7 Å². The van der Waals surface area contributed by atoms with E-state index in [9.17, 15) is 18.3 Å². The second kappa shape index (κ2) is 7.51. The van der Waals surface area contributed by atoms with Crippen LogP contribution in [0.1, 0.15) is 15.9 Å². The number of aryl methyl sites for hydroxylation is 1. The first kappa shape index (κ1) is 18.5. The van der Waals surface area contributed by atoms with Gasteiger partial charge in [0, 0.05) is 23.0 Å². The molecular weight excluding hydrogens is 364 g/mol. The van der Waals surface area contributed by atoms with Crippen molar-refractivity contribution in [1.29, 1.82) is 0 Å². The molecule has 3 aromatic rings. The second-order valence-electron chi connectivity index (χ2n) is 6.00. The van der Waals surface area contributed by atoms with Gasteiger partial charge in [-0.3, -0.25) is 9.52 Å². The number of sulfonamides is 1. The van der Waals surface area contributed by atoms with Gasteiger partial charge in [-0.05, 0) is 49.4 Å². The van der Waals surface area contributed by atoms with E-state index in [1.165, 1.54) is 36.4 Å². The van der Waals surface area contributed by atoms with E-state index < -0.39 is 15.9 Å². The van der Waals surface area contributed by atoms with E-state index in [-0.39, 0.29) is 16.2 Å². The maximum atomic E-state index is 12.6. The molecule has 0 aromatic heterocycles. The van der Waals surface area contributed by atoms with Gasteiger partial charge in [-0.1, -0.05) is 29.8 Å². The average molecular weight is 382 g/mol. The third-order valence-electron chi connectivity index (χ3n) is 3.81. The van der Waals surface area contributed by atoms with E-state index in [0.717, 1.165) is 5.56 Å². The van der Waals surface area contributed by atoms with Crippen LogP contribution in [0.4, 0.5) is 11.4 Å². The third kappa shape index (κ3) is 4.65. The third-order valence-corrected chi connectivity index (χ3v) is 5.19. The summed E-state index contributed by atoms with van der Waals surface area (Å²) in [5.74, 6) is -0.459. The average Bonchev–Trinajstić information content (AvgIpc) is 2.63. The van der Waals surface area contributed by atoms with Gasteiger partial charge in [-0.15, -0.1) is 0 Å². The first-order valence-corrected chi connectivity index (χ1v) is 9.62. The molecule has 0 aliphatic rings. The van der Waals surface area contributed by atoms with Crippen LogP contribution in [-0.2, 0) is 10.0 Å². The van der Waals surface area contributed by atoms with Crippen LogP contribution in [0.25, 0.3) is 0 Å². The van der Waals surface area contributed by atoms with Crippen LogP contribution in [0.3, 0.4) is 0 Å². The van der Waals surface area contributed by atoms with Crippen molar-refractivity contribution in [1.82, 2.24) is 0 Å². The van der Waals surface area contributed by atoms with Crippen LogP contribution in [-0.4, -0.2) is 19.4 Å². The van der Waals surface area contributed by atoms with Gasteiger partial charge in [0.1, 0.15) is 5.75 Å². The van der Waals surface area contributed by atoms with E-state index in [4.69, 9.17) is 0 Å². The monoisotopic (exact) mass is 382 g/mol. The van der Waals surface area contributed by atoms with Gasteiger partial charge < -0.3 is 10.4 Å². The molecule has 3 rings (SSSR count). The van der Waals surface area contributed by atoms with Crippen LogP contribution in [0.2, 0.25) is 0 Å². The number of hydrogen-bond acceptors (Lipinski definition) is 4. The van der Waals surface area contributed by atoms with Crippen molar-refractivity contribution in [3.8, 4) is 5.75 Å². The summed E-state index contributed by atoms with van der Waals surface area (Å²) >= 11 is 0. The summed E-state index contributed by atoms with van der Waals surface area (Å²) in [5.41, 5.74) is 2.05. The van der Waals surface area contributed by atoms with Crippen molar-refractivity contribution in [2.75, 3.05) is 10.0 Å². The van der Waals surface area contributed by atoms with Crippen LogP contribution in [0.5, 0.6) is 5.75 Å². The van der Waals surface area contributed by atoms with E-state index in [0.29, 0.717) is 11.4 Å². The number of benzene rings is 3. The van der Waals surface area contributed by atoms with Crippen molar-refractivity contribution in [2.24, 2.45) is 0 Å². The van der Waals surface area contributed by atoms with Gasteiger partial charge in [-0.2, -0.15) is 0 Å². The lowest BCUT2D eigenvalue weighted by atomic mass is 10.2. The van der Waals surface area contributed by atoms with Crippen molar-refractivity contribution in [3.63, 3.8) is 0 Å². The number of carbonyl (C=O) groups is 1. The van der Waals surface area contributed by atoms with E-state index in [1.54, 1.807) is 36.4 Å². The summed E-state index contributed by atoms with van der Waals surface area (Å²) in [6, 6.07) is 18.8. The zero-order valence-electron chi connectivity index (χ0n) is 14.5.